The molecule has 174 valence electrons. The van der Waals surface area contributed by atoms with Crippen LogP contribution in [0.2, 0.25) is 10.0 Å². The fraction of sp³-hybridized carbons (Fsp3) is 0.318. The molecule has 1 unspecified atom stereocenters. The topological polar surface area (TPSA) is 68.2 Å². The number of benzene rings is 1. The molecule has 1 atom stereocenters. The smallest absolute Gasteiger partial charge is 0.341 e. The average molecular weight is 588 g/mol. The number of carbonyl (C=O) groups excluding carboxylic acids is 1. The minimum absolute atomic E-state index is 0.335. The van der Waals surface area contributed by atoms with Gasteiger partial charge in [-0.1, -0.05) is 36.2 Å². The molecule has 0 amide bonds. The molecule has 33 heavy (non-hydrogen) atoms. The van der Waals surface area contributed by atoms with E-state index in [1.54, 1.807) is 28.2 Å². The molecule has 0 saturated heterocycles. The summed E-state index contributed by atoms with van der Waals surface area (Å²) in [6.45, 7) is 2.70. The summed E-state index contributed by atoms with van der Waals surface area (Å²) in [5, 5.41) is 13.0. The lowest BCUT2D eigenvalue weighted by Crippen LogP contribution is -2.21. The van der Waals surface area contributed by atoms with Crippen LogP contribution < -0.4 is 10.6 Å². The van der Waals surface area contributed by atoms with Crippen LogP contribution >= 0.6 is 62.7 Å². The maximum Gasteiger partial charge on any atom is 0.341 e. The first-order valence-corrected chi connectivity index (χ1v) is 13.0. The van der Waals surface area contributed by atoms with Gasteiger partial charge < -0.3 is 15.4 Å². The molecule has 1 aliphatic carbocycles. The van der Waals surface area contributed by atoms with E-state index in [0.717, 1.165) is 34.9 Å². The largest absolute Gasteiger partial charge is 0.465 e. The number of esters is 1. The number of carbonyl (C=O) groups is 1. The number of halogens is 3. The summed E-state index contributed by atoms with van der Waals surface area (Å²) in [6.07, 6.45) is 4.70. The second-order valence-electron chi connectivity index (χ2n) is 7.89. The van der Waals surface area contributed by atoms with E-state index in [1.165, 1.54) is 12.0 Å². The Hall–Kier alpha value is -1.65. The van der Waals surface area contributed by atoms with E-state index in [0.29, 0.717) is 44.0 Å². The molecule has 4 rings (SSSR count). The Morgan fingerprint density at radius 3 is 2.91 bits per heavy atom. The van der Waals surface area contributed by atoms with Gasteiger partial charge in [-0.2, -0.15) is 5.10 Å². The Labute approximate surface area is 219 Å². The van der Waals surface area contributed by atoms with Gasteiger partial charge in [0.1, 0.15) is 5.00 Å². The van der Waals surface area contributed by atoms with Crippen molar-refractivity contribution in [3.05, 3.63) is 60.5 Å². The minimum atomic E-state index is -0.349. The number of thiocarbonyl (C=S) groups is 1. The highest BCUT2D eigenvalue weighted by atomic mass is 79.9. The van der Waals surface area contributed by atoms with E-state index in [1.807, 2.05) is 12.3 Å². The van der Waals surface area contributed by atoms with Crippen molar-refractivity contribution >= 4 is 84.6 Å². The normalized spacial score (nSPS) is 15.1. The highest BCUT2D eigenvalue weighted by Gasteiger charge is 2.28. The number of hydrogen-bond donors (Lipinski definition) is 2. The predicted molar refractivity (Wildman–Crippen MR) is 142 cm³/mol. The zero-order valence-corrected chi connectivity index (χ0v) is 22.6. The number of aromatic nitrogens is 2. The van der Waals surface area contributed by atoms with Crippen molar-refractivity contribution in [1.29, 1.82) is 0 Å². The van der Waals surface area contributed by atoms with E-state index in [4.69, 9.17) is 40.2 Å². The molecular formula is C22H21BrCl2N4O2S2. The van der Waals surface area contributed by atoms with Gasteiger partial charge in [0.05, 0.1) is 23.7 Å². The lowest BCUT2D eigenvalue weighted by molar-refractivity contribution is 0.0601. The van der Waals surface area contributed by atoms with Crippen molar-refractivity contribution < 1.29 is 9.53 Å². The summed E-state index contributed by atoms with van der Waals surface area (Å²) in [6, 6.07) is 5.36. The van der Waals surface area contributed by atoms with Gasteiger partial charge in [0.2, 0.25) is 0 Å². The number of hydrogen-bond acceptors (Lipinski definition) is 5. The molecule has 3 aromatic rings. The maximum atomic E-state index is 12.5. The van der Waals surface area contributed by atoms with Gasteiger partial charge in [-0.15, -0.1) is 11.3 Å². The van der Waals surface area contributed by atoms with E-state index in [9.17, 15) is 4.79 Å². The molecular weight excluding hydrogens is 567 g/mol. The van der Waals surface area contributed by atoms with Crippen LogP contribution in [0.5, 0.6) is 0 Å². The van der Waals surface area contributed by atoms with Crippen LogP contribution in [0.25, 0.3) is 0 Å². The first-order chi connectivity index (χ1) is 15.7. The Morgan fingerprint density at radius 2 is 2.18 bits per heavy atom. The van der Waals surface area contributed by atoms with Gasteiger partial charge in [-0.05, 0) is 76.6 Å². The molecule has 6 nitrogen and oxygen atoms in total. The lowest BCUT2D eigenvalue weighted by atomic mass is 9.88. The average Bonchev–Trinajstić information content (AvgIpc) is 3.28. The van der Waals surface area contributed by atoms with E-state index in [-0.39, 0.29) is 5.97 Å². The highest BCUT2D eigenvalue weighted by Crippen LogP contribution is 2.40. The van der Waals surface area contributed by atoms with Gasteiger partial charge in [0.25, 0.3) is 0 Å². The van der Waals surface area contributed by atoms with Crippen molar-refractivity contribution in [3.8, 4) is 0 Å². The molecule has 0 saturated carbocycles. The fourth-order valence-corrected chi connectivity index (χ4v) is 6.34. The van der Waals surface area contributed by atoms with Gasteiger partial charge in [-0.3, -0.25) is 4.68 Å². The summed E-state index contributed by atoms with van der Waals surface area (Å²) in [4.78, 5) is 13.7. The van der Waals surface area contributed by atoms with Crippen molar-refractivity contribution in [2.24, 2.45) is 5.92 Å². The van der Waals surface area contributed by atoms with E-state index >= 15 is 0 Å². The van der Waals surface area contributed by atoms with Gasteiger partial charge in [0, 0.05) is 21.1 Å². The van der Waals surface area contributed by atoms with Crippen LogP contribution in [0.15, 0.2) is 28.9 Å². The molecule has 0 radical (unpaired) electrons. The molecule has 2 aromatic heterocycles. The second-order valence-corrected chi connectivity index (χ2v) is 11.1. The zero-order valence-electron chi connectivity index (χ0n) is 17.9. The lowest BCUT2D eigenvalue weighted by Gasteiger charge is -2.18. The van der Waals surface area contributed by atoms with Gasteiger partial charge >= 0.3 is 5.97 Å². The van der Waals surface area contributed by atoms with Crippen LogP contribution in [0.3, 0.4) is 0 Å². The molecule has 0 bridgehead atoms. The van der Waals surface area contributed by atoms with Crippen molar-refractivity contribution in [2.45, 2.75) is 32.7 Å². The van der Waals surface area contributed by atoms with Crippen LogP contribution in [0.1, 0.15) is 39.7 Å². The fourth-order valence-electron chi connectivity index (χ4n) is 3.79. The second kappa shape index (κ2) is 10.3. The van der Waals surface area contributed by atoms with Crippen molar-refractivity contribution in [3.63, 3.8) is 0 Å². The first-order valence-electron chi connectivity index (χ1n) is 10.2. The Bertz CT molecular complexity index is 1230. The number of fused-ring (bicyclic) bond motifs is 1. The predicted octanol–water partition coefficient (Wildman–Crippen LogP) is 6.78. The SMILES string of the molecule is COC(=O)c1c(NC(=S)Nc2nn(Cc3ccc(Cl)cc3Cl)cc2Br)sc2c1CCC(C)C2. The van der Waals surface area contributed by atoms with Crippen LogP contribution in [0, 0.1) is 5.92 Å². The summed E-state index contributed by atoms with van der Waals surface area (Å²) in [5.74, 6) is 0.790. The van der Waals surface area contributed by atoms with E-state index < -0.39 is 0 Å². The Morgan fingerprint density at radius 1 is 1.39 bits per heavy atom. The number of thiophene rings is 1. The highest BCUT2D eigenvalue weighted by molar-refractivity contribution is 9.10. The number of nitrogens with zero attached hydrogens (tertiary/aromatic N) is 2. The number of nitrogens with one attached hydrogen (secondary N) is 2. The molecule has 1 aromatic carbocycles. The molecule has 1 aliphatic rings. The number of ether oxygens (including phenoxy) is 1. The molecule has 2 heterocycles. The Kier molecular flexibility index (Phi) is 7.65. The molecule has 11 heteroatoms. The Balaban J connectivity index is 1.50. The first kappa shape index (κ1) is 24.5. The summed E-state index contributed by atoms with van der Waals surface area (Å²) < 4.78 is 7.53. The van der Waals surface area contributed by atoms with Gasteiger partial charge in [0.15, 0.2) is 10.9 Å². The van der Waals surface area contributed by atoms with Gasteiger partial charge in [-0.25, -0.2) is 4.79 Å². The third-order valence-electron chi connectivity index (χ3n) is 5.42. The van der Waals surface area contributed by atoms with E-state index in [2.05, 4.69) is 38.6 Å². The molecule has 0 fully saturated rings. The zero-order chi connectivity index (χ0) is 23.7. The monoisotopic (exact) mass is 586 g/mol. The van der Waals surface area contributed by atoms with Crippen molar-refractivity contribution in [2.75, 3.05) is 17.7 Å². The van der Waals surface area contributed by atoms with Crippen LogP contribution in [0.4, 0.5) is 10.8 Å². The summed E-state index contributed by atoms with van der Waals surface area (Å²) >= 11 is 22.9. The number of anilines is 2. The number of rotatable bonds is 5. The summed E-state index contributed by atoms with van der Waals surface area (Å²) in [7, 11) is 1.40. The van der Waals surface area contributed by atoms with Crippen LogP contribution in [-0.2, 0) is 24.1 Å². The third-order valence-corrected chi connectivity index (χ3v) is 7.97. The summed E-state index contributed by atoms with van der Waals surface area (Å²) in [5.41, 5.74) is 2.54. The minimum Gasteiger partial charge on any atom is -0.465 e. The quantitative estimate of drug-likeness (QED) is 0.253. The molecule has 0 spiro atoms. The number of methoxy groups -OCH3 is 1. The molecule has 2 N–H and O–H groups in total. The van der Waals surface area contributed by atoms with Crippen molar-refractivity contribution in [1.82, 2.24) is 9.78 Å². The molecule has 0 aliphatic heterocycles. The maximum absolute atomic E-state index is 12.5. The third kappa shape index (κ3) is 5.54. The standard InChI is InChI=1S/C22H21BrCl2N4O2S2/c1-11-3-6-14-17(7-11)33-20(18(14)21(30)31-2)27-22(32)26-19-15(23)10-29(28-19)9-12-4-5-13(24)8-16(12)25/h4-5,8,10-11H,3,6-7,9H2,1-2H3,(H2,26,27,28,32). The van der Waals surface area contributed by atoms with Crippen LogP contribution in [-0.4, -0.2) is 28.0 Å².